The highest BCUT2D eigenvalue weighted by Crippen LogP contribution is 2.25. The van der Waals surface area contributed by atoms with Crippen molar-refractivity contribution in [3.05, 3.63) is 33.8 Å². The molecular weight excluding hydrogens is 304 g/mol. The number of aryl methyl sites for hydroxylation is 1. The minimum Gasteiger partial charge on any atom is -0.332 e. The minimum atomic E-state index is 0.104. The molecule has 0 spiro atoms. The summed E-state index contributed by atoms with van der Waals surface area (Å²) in [5.41, 5.74) is 7.67. The van der Waals surface area contributed by atoms with E-state index >= 15 is 0 Å². The van der Waals surface area contributed by atoms with Gasteiger partial charge in [-0.2, -0.15) is 0 Å². The van der Waals surface area contributed by atoms with Crippen molar-refractivity contribution in [2.45, 2.75) is 45.2 Å². The molecule has 0 radical (unpaired) electrons. The van der Waals surface area contributed by atoms with Crippen molar-refractivity contribution in [3.63, 3.8) is 0 Å². The largest absolute Gasteiger partial charge is 0.332 e. The molecule has 0 bridgehead atoms. The molecule has 1 aromatic rings. The summed E-state index contributed by atoms with van der Waals surface area (Å²) in [7, 11) is 0. The van der Waals surface area contributed by atoms with E-state index in [1.54, 1.807) is 0 Å². The van der Waals surface area contributed by atoms with Crippen LogP contribution < -0.4 is 5.73 Å². The van der Waals surface area contributed by atoms with Crippen LogP contribution in [-0.2, 0) is 0 Å². The van der Waals surface area contributed by atoms with Crippen LogP contribution in [0.5, 0.6) is 0 Å². The molecule has 19 heavy (non-hydrogen) atoms. The average Bonchev–Trinajstić information content (AvgIpc) is 2.36. The Morgan fingerprint density at radius 3 is 2.79 bits per heavy atom. The molecule has 0 aromatic heterocycles. The number of nitrogens with two attached hydrogens (primary N) is 1. The lowest BCUT2D eigenvalue weighted by Gasteiger charge is -2.40. The summed E-state index contributed by atoms with van der Waals surface area (Å²) >= 11 is 3.46. The Labute approximate surface area is 123 Å². The molecule has 104 valence electrons. The van der Waals surface area contributed by atoms with Crippen molar-refractivity contribution in [3.8, 4) is 0 Å². The summed E-state index contributed by atoms with van der Waals surface area (Å²) < 4.78 is 0.949. The number of carbonyl (C=O) groups is 1. The maximum absolute atomic E-state index is 12.7. The molecule has 1 aliphatic rings. The molecule has 2 rings (SSSR count). The molecule has 1 fully saturated rings. The van der Waals surface area contributed by atoms with E-state index in [0.717, 1.165) is 34.9 Å². The summed E-state index contributed by atoms with van der Waals surface area (Å²) in [5.74, 6) is 0.104. The molecule has 1 aliphatic heterocycles. The van der Waals surface area contributed by atoms with Crippen molar-refractivity contribution in [1.82, 2.24) is 4.90 Å². The number of likely N-dealkylation sites (tertiary alicyclic amines) is 1. The highest BCUT2D eigenvalue weighted by atomic mass is 79.9. The summed E-state index contributed by atoms with van der Waals surface area (Å²) in [6, 6.07) is 6.30. The maximum Gasteiger partial charge on any atom is 0.254 e. The number of halogens is 1. The molecular formula is C15H21BrN2O. The monoisotopic (exact) mass is 324 g/mol. The van der Waals surface area contributed by atoms with Crippen molar-refractivity contribution >= 4 is 21.8 Å². The molecule has 0 saturated carbocycles. The fourth-order valence-corrected chi connectivity index (χ4v) is 3.50. The van der Waals surface area contributed by atoms with Crippen molar-refractivity contribution < 1.29 is 4.79 Å². The van der Waals surface area contributed by atoms with Crippen LogP contribution in [0.25, 0.3) is 0 Å². The average molecular weight is 325 g/mol. The number of benzene rings is 1. The van der Waals surface area contributed by atoms with E-state index < -0.39 is 0 Å². The Balaban J connectivity index is 2.30. The van der Waals surface area contributed by atoms with E-state index in [2.05, 4.69) is 22.9 Å². The molecule has 2 atom stereocenters. The van der Waals surface area contributed by atoms with Gasteiger partial charge in [0.25, 0.3) is 5.91 Å². The highest BCUT2D eigenvalue weighted by Gasteiger charge is 2.31. The van der Waals surface area contributed by atoms with E-state index in [9.17, 15) is 4.79 Å². The lowest BCUT2D eigenvalue weighted by molar-refractivity contribution is 0.0494. The summed E-state index contributed by atoms with van der Waals surface area (Å²) in [5, 5.41) is 0. The second-order valence-electron chi connectivity index (χ2n) is 5.40. The van der Waals surface area contributed by atoms with Gasteiger partial charge in [-0.05, 0) is 56.9 Å². The lowest BCUT2D eigenvalue weighted by Crippen LogP contribution is -2.51. The van der Waals surface area contributed by atoms with Gasteiger partial charge in [0.15, 0.2) is 0 Å². The first kappa shape index (κ1) is 14.5. The predicted octanol–water partition coefficient (Wildman–Crippen LogP) is 3.10. The van der Waals surface area contributed by atoms with E-state index in [0.29, 0.717) is 6.54 Å². The minimum absolute atomic E-state index is 0.104. The summed E-state index contributed by atoms with van der Waals surface area (Å²) in [6.07, 6.45) is 3.24. The third kappa shape index (κ3) is 3.18. The Morgan fingerprint density at radius 1 is 1.42 bits per heavy atom. The van der Waals surface area contributed by atoms with Crippen molar-refractivity contribution in [2.75, 3.05) is 6.54 Å². The van der Waals surface area contributed by atoms with Crippen LogP contribution in [-0.4, -0.2) is 29.4 Å². The SMILES string of the molecule is Cc1cc(Br)cc(C(=O)N2C(C)CCCC2CN)c1. The molecule has 1 saturated heterocycles. The van der Waals surface area contributed by atoms with E-state index in [1.807, 2.05) is 30.0 Å². The number of rotatable bonds is 2. The zero-order valence-electron chi connectivity index (χ0n) is 11.5. The fraction of sp³-hybridized carbons (Fsp3) is 0.533. The Kier molecular flexibility index (Phi) is 4.63. The molecule has 1 amide bonds. The smallest absolute Gasteiger partial charge is 0.254 e. The number of amides is 1. The Hall–Kier alpha value is -0.870. The maximum atomic E-state index is 12.7. The lowest BCUT2D eigenvalue weighted by atomic mass is 9.95. The number of nitrogens with zero attached hydrogens (tertiary/aromatic N) is 1. The standard InChI is InChI=1S/C15H21BrN2O/c1-10-6-12(8-13(16)7-10)15(19)18-11(2)4-3-5-14(18)9-17/h6-8,11,14H,3-5,9,17H2,1-2H3. The predicted molar refractivity (Wildman–Crippen MR) is 81.2 cm³/mol. The van der Waals surface area contributed by atoms with Crippen LogP contribution in [0.2, 0.25) is 0 Å². The number of carbonyl (C=O) groups excluding carboxylic acids is 1. The molecule has 2 N–H and O–H groups in total. The van der Waals surface area contributed by atoms with Gasteiger partial charge in [-0.15, -0.1) is 0 Å². The molecule has 3 nitrogen and oxygen atoms in total. The summed E-state index contributed by atoms with van der Waals surface area (Å²) in [6.45, 7) is 4.66. The highest BCUT2D eigenvalue weighted by molar-refractivity contribution is 9.10. The molecule has 1 heterocycles. The second-order valence-corrected chi connectivity index (χ2v) is 6.31. The fourth-order valence-electron chi connectivity index (χ4n) is 2.89. The van der Waals surface area contributed by atoms with E-state index in [4.69, 9.17) is 5.73 Å². The molecule has 4 heteroatoms. The van der Waals surface area contributed by atoms with Gasteiger partial charge in [-0.25, -0.2) is 0 Å². The van der Waals surface area contributed by atoms with Gasteiger partial charge in [0, 0.05) is 28.7 Å². The van der Waals surface area contributed by atoms with Crippen LogP contribution in [0.4, 0.5) is 0 Å². The quantitative estimate of drug-likeness (QED) is 0.908. The zero-order valence-corrected chi connectivity index (χ0v) is 13.1. The van der Waals surface area contributed by atoms with Crippen LogP contribution in [0, 0.1) is 6.92 Å². The Morgan fingerprint density at radius 2 is 2.16 bits per heavy atom. The summed E-state index contributed by atoms with van der Waals surface area (Å²) in [4.78, 5) is 14.7. The molecule has 2 unspecified atom stereocenters. The van der Waals surface area contributed by atoms with Crippen LogP contribution in [0.3, 0.4) is 0 Å². The van der Waals surface area contributed by atoms with E-state index in [-0.39, 0.29) is 18.0 Å². The van der Waals surface area contributed by atoms with Gasteiger partial charge >= 0.3 is 0 Å². The third-order valence-electron chi connectivity index (χ3n) is 3.82. The van der Waals surface area contributed by atoms with Gasteiger partial charge in [0.2, 0.25) is 0 Å². The number of hydrogen-bond donors (Lipinski definition) is 1. The normalized spacial score (nSPS) is 23.5. The van der Waals surface area contributed by atoms with Crippen LogP contribution in [0.1, 0.15) is 42.1 Å². The van der Waals surface area contributed by atoms with Gasteiger partial charge in [-0.1, -0.05) is 15.9 Å². The van der Waals surface area contributed by atoms with Crippen molar-refractivity contribution in [1.29, 1.82) is 0 Å². The first-order valence-electron chi connectivity index (χ1n) is 6.83. The Bertz CT molecular complexity index is 455. The van der Waals surface area contributed by atoms with Gasteiger partial charge < -0.3 is 10.6 Å². The number of piperidine rings is 1. The van der Waals surface area contributed by atoms with Crippen LogP contribution in [0.15, 0.2) is 22.7 Å². The van der Waals surface area contributed by atoms with Gasteiger partial charge in [0.1, 0.15) is 0 Å². The van der Waals surface area contributed by atoms with Crippen molar-refractivity contribution in [2.24, 2.45) is 5.73 Å². The zero-order chi connectivity index (χ0) is 14.0. The van der Waals surface area contributed by atoms with E-state index in [1.165, 1.54) is 0 Å². The van der Waals surface area contributed by atoms with Gasteiger partial charge in [0.05, 0.1) is 0 Å². The third-order valence-corrected chi connectivity index (χ3v) is 4.28. The topological polar surface area (TPSA) is 46.3 Å². The number of hydrogen-bond acceptors (Lipinski definition) is 2. The van der Waals surface area contributed by atoms with Gasteiger partial charge in [-0.3, -0.25) is 4.79 Å². The first-order valence-corrected chi connectivity index (χ1v) is 7.62. The molecule has 0 aliphatic carbocycles. The van der Waals surface area contributed by atoms with Crippen LogP contribution >= 0.6 is 15.9 Å². The first-order chi connectivity index (χ1) is 9.02. The molecule has 1 aromatic carbocycles. The second kappa shape index (κ2) is 6.06.